The van der Waals surface area contributed by atoms with E-state index in [9.17, 15) is 9.59 Å². The molecule has 0 aromatic rings. The molecule has 126 valence electrons. The summed E-state index contributed by atoms with van der Waals surface area (Å²) in [5.41, 5.74) is 0.0141. The van der Waals surface area contributed by atoms with Crippen LogP contribution in [0.15, 0.2) is 0 Å². The maximum Gasteiger partial charge on any atom is 0.136 e. The van der Waals surface area contributed by atoms with Gasteiger partial charge in [0.2, 0.25) is 0 Å². The van der Waals surface area contributed by atoms with Crippen LogP contribution in [-0.4, -0.2) is 11.6 Å². The van der Waals surface area contributed by atoms with Crippen LogP contribution in [0.3, 0.4) is 0 Å². The van der Waals surface area contributed by atoms with Crippen LogP contribution >= 0.6 is 0 Å². The summed E-state index contributed by atoms with van der Waals surface area (Å²) in [7, 11) is 0. The molecule has 0 aromatic heterocycles. The van der Waals surface area contributed by atoms with Gasteiger partial charge in [-0.2, -0.15) is 0 Å². The summed E-state index contributed by atoms with van der Waals surface area (Å²) in [5.74, 6) is 2.23. The second kappa shape index (κ2) is 6.09. The quantitative estimate of drug-likeness (QED) is 0.731. The summed E-state index contributed by atoms with van der Waals surface area (Å²) in [5, 5.41) is 0. The van der Waals surface area contributed by atoms with Crippen LogP contribution in [0.5, 0.6) is 0 Å². The van der Waals surface area contributed by atoms with Gasteiger partial charge in [-0.1, -0.05) is 41.5 Å². The fraction of sp³-hybridized carbons (Fsp3) is 0.900. The SMILES string of the molecule is CC(C)C1CCC(C)(C2(C)CCC(C(C)C)C(=O)C2)CC1=O. The Hall–Kier alpha value is -0.660. The van der Waals surface area contributed by atoms with Crippen molar-refractivity contribution < 1.29 is 9.59 Å². The number of hydrogen-bond donors (Lipinski definition) is 0. The lowest BCUT2D eigenvalue weighted by Gasteiger charge is -2.53. The molecule has 0 amide bonds. The van der Waals surface area contributed by atoms with Crippen molar-refractivity contribution in [3.63, 3.8) is 0 Å². The van der Waals surface area contributed by atoms with E-state index in [4.69, 9.17) is 0 Å². The first-order valence-corrected chi connectivity index (χ1v) is 9.15. The van der Waals surface area contributed by atoms with Gasteiger partial charge in [-0.25, -0.2) is 0 Å². The lowest BCUT2D eigenvalue weighted by molar-refractivity contribution is -0.143. The third-order valence-corrected chi connectivity index (χ3v) is 7.04. The van der Waals surface area contributed by atoms with Crippen molar-refractivity contribution in [3.8, 4) is 0 Å². The van der Waals surface area contributed by atoms with Crippen molar-refractivity contribution in [2.24, 2.45) is 34.5 Å². The largest absolute Gasteiger partial charge is 0.299 e. The zero-order valence-electron chi connectivity index (χ0n) is 15.4. The Labute approximate surface area is 136 Å². The topological polar surface area (TPSA) is 34.1 Å². The maximum atomic E-state index is 12.6. The summed E-state index contributed by atoms with van der Waals surface area (Å²) in [6.07, 6.45) is 5.54. The number of carbonyl (C=O) groups is 2. The minimum absolute atomic E-state index is 0.00703. The van der Waals surface area contributed by atoms with Crippen molar-refractivity contribution in [2.45, 2.75) is 80.1 Å². The first kappa shape index (κ1) is 17.7. The first-order valence-electron chi connectivity index (χ1n) is 9.15. The smallest absolute Gasteiger partial charge is 0.136 e. The van der Waals surface area contributed by atoms with Gasteiger partial charge in [-0.05, 0) is 48.3 Å². The monoisotopic (exact) mass is 306 g/mol. The van der Waals surface area contributed by atoms with E-state index >= 15 is 0 Å². The Balaban J connectivity index is 2.14. The molecule has 2 nitrogen and oxygen atoms in total. The predicted molar refractivity (Wildman–Crippen MR) is 90.6 cm³/mol. The lowest BCUT2D eigenvalue weighted by Crippen LogP contribution is -2.49. The molecule has 0 heterocycles. The number of ketones is 2. The highest BCUT2D eigenvalue weighted by molar-refractivity contribution is 5.84. The number of hydrogen-bond acceptors (Lipinski definition) is 2. The zero-order chi connectivity index (χ0) is 16.7. The van der Waals surface area contributed by atoms with Crippen LogP contribution in [-0.2, 0) is 9.59 Å². The van der Waals surface area contributed by atoms with Gasteiger partial charge in [0.05, 0.1) is 0 Å². The lowest BCUT2D eigenvalue weighted by atomic mass is 9.51. The molecule has 22 heavy (non-hydrogen) atoms. The van der Waals surface area contributed by atoms with Gasteiger partial charge in [-0.3, -0.25) is 9.59 Å². The second-order valence-electron chi connectivity index (χ2n) is 9.19. The molecule has 0 N–H and O–H groups in total. The minimum Gasteiger partial charge on any atom is -0.299 e. The number of Topliss-reactive ketones (excluding diaryl/α,β-unsaturated/α-hetero) is 2. The molecule has 0 aliphatic heterocycles. The van der Waals surface area contributed by atoms with E-state index in [1.54, 1.807) is 0 Å². The van der Waals surface area contributed by atoms with Crippen molar-refractivity contribution >= 4 is 11.6 Å². The molecule has 2 aliphatic carbocycles. The van der Waals surface area contributed by atoms with E-state index < -0.39 is 0 Å². The fourth-order valence-corrected chi connectivity index (χ4v) is 4.92. The van der Waals surface area contributed by atoms with Crippen LogP contribution in [0.4, 0.5) is 0 Å². The third-order valence-electron chi connectivity index (χ3n) is 7.04. The molecule has 2 aliphatic rings. The molecule has 2 rings (SSSR count). The summed E-state index contributed by atoms with van der Waals surface area (Å²) in [6.45, 7) is 13.2. The van der Waals surface area contributed by atoms with Crippen molar-refractivity contribution in [2.75, 3.05) is 0 Å². The highest BCUT2D eigenvalue weighted by atomic mass is 16.1. The molecule has 2 heteroatoms. The summed E-state index contributed by atoms with van der Waals surface area (Å²) in [4.78, 5) is 25.2. The van der Waals surface area contributed by atoms with E-state index in [2.05, 4.69) is 41.5 Å². The molecule has 2 fully saturated rings. The van der Waals surface area contributed by atoms with Gasteiger partial charge in [-0.15, -0.1) is 0 Å². The molecule has 4 unspecified atom stereocenters. The maximum absolute atomic E-state index is 12.6. The van der Waals surface area contributed by atoms with Crippen molar-refractivity contribution in [1.82, 2.24) is 0 Å². The van der Waals surface area contributed by atoms with E-state index in [0.717, 1.165) is 25.7 Å². The van der Waals surface area contributed by atoms with Crippen LogP contribution in [0.25, 0.3) is 0 Å². The molecule has 0 spiro atoms. The van der Waals surface area contributed by atoms with Gasteiger partial charge >= 0.3 is 0 Å². The summed E-state index contributed by atoms with van der Waals surface area (Å²) in [6, 6.07) is 0. The summed E-state index contributed by atoms with van der Waals surface area (Å²) < 4.78 is 0. The Morgan fingerprint density at radius 2 is 1.09 bits per heavy atom. The molecular formula is C20H34O2. The van der Waals surface area contributed by atoms with Gasteiger partial charge < -0.3 is 0 Å². The highest BCUT2D eigenvalue weighted by Gasteiger charge is 2.52. The van der Waals surface area contributed by atoms with Gasteiger partial charge in [0, 0.05) is 24.7 Å². The standard InChI is InChI=1S/C20H34O2/c1-13(2)15-7-9-19(5,11-17(15)21)20(6)10-8-16(14(3)4)18(22)12-20/h13-16H,7-12H2,1-6H3. The second-order valence-corrected chi connectivity index (χ2v) is 9.19. The molecular weight excluding hydrogens is 272 g/mol. The van der Waals surface area contributed by atoms with E-state index in [0.29, 0.717) is 36.2 Å². The average Bonchev–Trinajstić information content (AvgIpc) is 2.37. The molecule has 0 saturated heterocycles. The average molecular weight is 306 g/mol. The molecule has 0 radical (unpaired) electrons. The zero-order valence-corrected chi connectivity index (χ0v) is 15.4. The normalized spacial score (nSPS) is 40.5. The Bertz CT molecular complexity index is 409. The van der Waals surface area contributed by atoms with E-state index in [1.165, 1.54) is 0 Å². The predicted octanol–water partition coefficient (Wildman–Crippen LogP) is 5.05. The molecule has 2 saturated carbocycles. The minimum atomic E-state index is 0.00703. The van der Waals surface area contributed by atoms with Crippen LogP contribution in [0.2, 0.25) is 0 Å². The number of rotatable bonds is 3. The van der Waals surface area contributed by atoms with Gasteiger partial charge in [0.15, 0.2) is 0 Å². The van der Waals surface area contributed by atoms with Gasteiger partial charge in [0.1, 0.15) is 11.6 Å². The molecule has 0 aromatic carbocycles. The Morgan fingerprint density at radius 3 is 1.32 bits per heavy atom. The van der Waals surface area contributed by atoms with Crippen LogP contribution < -0.4 is 0 Å². The highest BCUT2D eigenvalue weighted by Crippen LogP contribution is 2.57. The molecule has 0 bridgehead atoms. The van der Waals surface area contributed by atoms with E-state index in [1.807, 2.05) is 0 Å². The Kier molecular flexibility index (Phi) is 4.90. The van der Waals surface area contributed by atoms with Crippen molar-refractivity contribution in [1.29, 1.82) is 0 Å². The summed E-state index contributed by atoms with van der Waals surface area (Å²) >= 11 is 0. The van der Waals surface area contributed by atoms with Gasteiger partial charge in [0.25, 0.3) is 0 Å². The molecule has 4 atom stereocenters. The Morgan fingerprint density at radius 1 is 0.773 bits per heavy atom. The van der Waals surface area contributed by atoms with Crippen molar-refractivity contribution in [3.05, 3.63) is 0 Å². The fourth-order valence-electron chi connectivity index (χ4n) is 4.92. The first-order chi connectivity index (χ1) is 10.1. The van der Waals surface area contributed by atoms with Crippen LogP contribution in [0.1, 0.15) is 80.1 Å². The van der Waals surface area contributed by atoms with E-state index in [-0.39, 0.29) is 22.7 Å². The van der Waals surface area contributed by atoms with Crippen LogP contribution in [0, 0.1) is 34.5 Å². The third kappa shape index (κ3) is 3.03. The number of carbonyl (C=O) groups excluding carboxylic acids is 2.